The van der Waals surface area contributed by atoms with Crippen LogP contribution in [0.25, 0.3) is 0 Å². The monoisotopic (exact) mass is 407 g/mol. The Labute approximate surface area is 156 Å². The first-order valence-electron chi connectivity index (χ1n) is 7.18. The van der Waals surface area contributed by atoms with Crippen molar-refractivity contribution < 1.29 is 4.21 Å². The standard InChI is InChI=1S/C14H15Cl2N3OS3/c15-10-3-4-11(16)12(9-10)23(20)8-7-21-14-18-17-13(22-14)19-5-1-2-6-19/h3-4,9H,1-2,5-8H2/t23-/m1/s1. The van der Waals surface area contributed by atoms with Crippen molar-refractivity contribution in [2.45, 2.75) is 22.1 Å². The van der Waals surface area contributed by atoms with E-state index in [4.69, 9.17) is 23.2 Å². The van der Waals surface area contributed by atoms with E-state index in [0.717, 1.165) is 22.6 Å². The highest BCUT2D eigenvalue weighted by Crippen LogP contribution is 2.30. The van der Waals surface area contributed by atoms with Crippen LogP contribution in [0.1, 0.15) is 12.8 Å². The molecule has 1 saturated heterocycles. The Morgan fingerprint density at radius 1 is 1.26 bits per heavy atom. The van der Waals surface area contributed by atoms with Gasteiger partial charge in [-0.1, -0.05) is 46.3 Å². The highest BCUT2D eigenvalue weighted by atomic mass is 35.5. The lowest BCUT2D eigenvalue weighted by molar-refractivity contribution is 0.684. The SMILES string of the molecule is O=[S@](CCSc1nnc(N2CCCC2)s1)c1cc(Cl)ccc1Cl. The summed E-state index contributed by atoms with van der Waals surface area (Å²) in [6, 6.07) is 5.04. The number of rotatable bonds is 6. The molecular formula is C14H15Cl2N3OS3. The van der Waals surface area contributed by atoms with Crippen molar-refractivity contribution in [3.8, 4) is 0 Å². The lowest BCUT2D eigenvalue weighted by Crippen LogP contribution is -2.17. The van der Waals surface area contributed by atoms with E-state index in [-0.39, 0.29) is 0 Å². The fraction of sp³-hybridized carbons (Fsp3) is 0.429. The third-order valence-electron chi connectivity index (χ3n) is 3.41. The van der Waals surface area contributed by atoms with Gasteiger partial charge in [0.15, 0.2) is 4.34 Å². The number of hydrogen-bond donors (Lipinski definition) is 0. The van der Waals surface area contributed by atoms with Crippen LogP contribution in [-0.4, -0.2) is 39.0 Å². The van der Waals surface area contributed by atoms with E-state index in [1.165, 1.54) is 12.8 Å². The smallest absolute Gasteiger partial charge is 0.209 e. The van der Waals surface area contributed by atoms with Crippen LogP contribution in [-0.2, 0) is 10.8 Å². The van der Waals surface area contributed by atoms with E-state index in [1.807, 2.05) is 0 Å². The summed E-state index contributed by atoms with van der Waals surface area (Å²) in [4.78, 5) is 2.86. The normalized spacial score (nSPS) is 16.0. The number of benzene rings is 1. The van der Waals surface area contributed by atoms with Crippen LogP contribution in [0, 0.1) is 0 Å². The molecule has 0 radical (unpaired) electrons. The Balaban J connectivity index is 1.53. The van der Waals surface area contributed by atoms with E-state index < -0.39 is 10.8 Å². The maximum atomic E-state index is 12.3. The minimum absolute atomic E-state index is 0.491. The summed E-state index contributed by atoms with van der Waals surface area (Å²) in [5.74, 6) is 1.20. The summed E-state index contributed by atoms with van der Waals surface area (Å²) in [6.07, 6.45) is 2.45. The van der Waals surface area contributed by atoms with Crippen molar-refractivity contribution >= 4 is 62.2 Å². The molecule has 0 spiro atoms. The molecule has 2 heterocycles. The molecule has 23 heavy (non-hydrogen) atoms. The van der Waals surface area contributed by atoms with Gasteiger partial charge in [-0.25, -0.2) is 0 Å². The number of nitrogens with zero attached hydrogens (tertiary/aromatic N) is 3. The van der Waals surface area contributed by atoms with E-state index in [1.54, 1.807) is 41.3 Å². The molecule has 1 aliphatic heterocycles. The fourth-order valence-electron chi connectivity index (χ4n) is 2.26. The van der Waals surface area contributed by atoms with Crippen LogP contribution in [0.15, 0.2) is 27.4 Å². The van der Waals surface area contributed by atoms with Crippen molar-refractivity contribution in [1.29, 1.82) is 0 Å². The molecule has 3 rings (SSSR count). The van der Waals surface area contributed by atoms with Gasteiger partial charge in [-0.3, -0.25) is 4.21 Å². The first-order chi connectivity index (χ1) is 11.1. The van der Waals surface area contributed by atoms with Crippen LogP contribution >= 0.6 is 46.3 Å². The average molecular weight is 408 g/mol. The summed E-state index contributed by atoms with van der Waals surface area (Å²) >= 11 is 15.2. The quantitative estimate of drug-likeness (QED) is 0.666. The van der Waals surface area contributed by atoms with Crippen molar-refractivity contribution in [3.05, 3.63) is 28.2 Å². The van der Waals surface area contributed by atoms with Gasteiger partial charge in [0.25, 0.3) is 0 Å². The van der Waals surface area contributed by atoms with Crippen molar-refractivity contribution in [3.63, 3.8) is 0 Å². The van der Waals surface area contributed by atoms with E-state index >= 15 is 0 Å². The molecule has 2 aromatic rings. The van der Waals surface area contributed by atoms with Gasteiger partial charge in [0, 0.05) is 29.6 Å². The zero-order chi connectivity index (χ0) is 16.2. The van der Waals surface area contributed by atoms with E-state index in [0.29, 0.717) is 26.4 Å². The maximum Gasteiger partial charge on any atom is 0.209 e. The molecule has 1 aliphatic rings. The summed E-state index contributed by atoms with van der Waals surface area (Å²) in [5, 5.41) is 10.5. The predicted molar refractivity (Wildman–Crippen MR) is 99.8 cm³/mol. The molecule has 0 aliphatic carbocycles. The zero-order valence-corrected chi connectivity index (χ0v) is 16.2. The molecule has 0 saturated carbocycles. The highest BCUT2D eigenvalue weighted by Gasteiger charge is 2.17. The highest BCUT2D eigenvalue weighted by molar-refractivity contribution is 8.01. The lowest BCUT2D eigenvalue weighted by atomic mass is 10.4. The molecule has 1 aromatic heterocycles. The molecule has 0 amide bonds. The Hall–Kier alpha value is -0.340. The molecule has 0 unspecified atom stereocenters. The van der Waals surface area contributed by atoms with Crippen LogP contribution in [0.4, 0.5) is 5.13 Å². The van der Waals surface area contributed by atoms with Gasteiger partial charge in [0.2, 0.25) is 5.13 Å². The van der Waals surface area contributed by atoms with Gasteiger partial charge in [0.1, 0.15) is 0 Å². The largest absolute Gasteiger partial charge is 0.347 e. The van der Waals surface area contributed by atoms with Gasteiger partial charge < -0.3 is 4.90 Å². The van der Waals surface area contributed by atoms with Gasteiger partial charge in [-0.2, -0.15) is 0 Å². The Bertz CT molecular complexity index is 704. The molecule has 1 atom stereocenters. The first kappa shape index (κ1) is 17.5. The van der Waals surface area contributed by atoms with Crippen LogP contribution < -0.4 is 4.90 Å². The summed E-state index contributed by atoms with van der Waals surface area (Å²) < 4.78 is 13.3. The van der Waals surface area contributed by atoms with Crippen LogP contribution in [0.5, 0.6) is 0 Å². The van der Waals surface area contributed by atoms with Crippen molar-refractivity contribution in [2.24, 2.45) is 0 Å². The average Bonchev–Trinajstić information content (AvgIpc) is 3.20. The Morgan fingerprint density at radius 2 is 2.04 bits per heavy atom. The summed E-state index contributed by atoms with van der Waals surface area (Å²) in [7, 11) is -1.17. The van der Waals surface area contributed by atoms with Crippen LogP contribution in [0.2, 0.25) is 10.0 Å². The molecule has 1 fully saturated rings. The minimum atomic E-state index is -1.17. The lowest BCUT2D eigenvalue weighted by Gasteiger charge is -2.10. The van der Waals surface area contributed by atoms with E-state index in [2.05, 4.69) is 15.1 Å². The Morgan fingerprint density at radius 3 is 2.83 bits per heavy atom. The molecule has 0 bridgehead atoms. The topological polar surface area (TPSA) is 46.1 Å². The Kier molecular flexibility index (Phi) is 6.20. The van der Waals surface area contributed by atoms with Gasteiger partial charge in [-0.05, 0) is 31.0 Å². The molecular weight excluding hydrogens is 393 g/mol. The number of aromatic nitrogens is 2. The number of thioether (sulfide) groups is 1. The molecule has 0 N–H and O–H groups in total. The summed E-state index contributed by atoms with van der Waals surface area (Å²) in [6.45, 7) is 2.13. The number of halogens is 2. The number of anilines is 1. The van der Waals surface area contributed by atoms with E-state index in [9.17, 15) is 4.21 Å². The van der Waals surface area contributed by atoms with Gasteiger partial charge in [0.05, 0.1) is 20.7 Å². The number of hydrogen-bond acceptors (Lipinski definition) is 6. The molecule has 4 nitrogen and oxygen atoms in total. The predicted octanol–water partition coefficient (Wildman–Crippen LogP) is 4.35. The third-order valence-corrected chi connectivity index (χ3v) is 7.86. The molecule has 9 heteroatoms. The fourth-order valence-corrected chi connectivity index (χ4v) is 6.19. The second kappa shape index (κ2) is 8.16. The second-order valence-electron chi connectivity index (χ2n) is 5.02. The first-order valence-corrected chi connectivity index (χ1v) is 11.1. The van der Waals surface area contributed by atoms with Crippen molar-refractivity contribution in [1.82, 2.24) is 10.2 Å². The second-order valence-corrected chi connectivity index (χ2v) is 9.70. The van der Waals surface area contributed by atoms with Gasteiger partial charge in [-0.15, -0.1) is 10.2 Å². The summed E-state index contributed by atoms with van der Waals surface area (Å²) in [5.41, 5.74) is 0. The maximum absolute atomic E-state index is 12.3. The van der Waals surface area contributed by atoms with Gasteiger partial charge >= 0.3 is 0 Å². The molecule has 1 aromatic carbocycles. The third kappa shape index (κ3) is 4.60. The van der Waals surface area contributed by atoms with Crippen LogP contribution in [0.3, 0.4) is 0 Å². The van der Waals surface area contributed by atoms with Crippen molar-refractivity contribution in [2.75, 3.05) is 29.5 Å². The molecule has 124 valence electrons. The minimum Gasteiger partial charge on any atom is -0.347 e. The zero-order valence-electron chi connectivity index (χ0n) is 12.2.